The second-order valence-electron chi connectivity index (χ2n) is 5.68. The maximum Gasteiger partial charge on any atom is 0.124 e. The monoisotopic (exact) mass is 335 g/mol. The smallest absolute Gasteiger partial charge is 0.124 e. The standard InChI is InChI=1S/C20H21N3O2/c24-19(17-7-10-21-11-8-17)14-23-13-18-5-1-2-6-20(18)25-15-16-4-3-9-22-12-16/h1-12,19,23-24H,13-15H2. The lowest BCUT2D eigenvalue weighted by atomic mass is 10.1. The molecule has 0 aliphatic heterocycles. The topological polar surface area (TPSA) is 67.3 Å². The summed E-state index contributed by atoms with van der Waals surface area (Å²) < 4.78 is 5.91. The fraction of sp³-hybridized carbons (Fsp3) is 0.200. The van der Waals surface area contributed by atoms with Gasteiger partial charge in [-0.1, -0.05) is 24.3 Å². The minimum atomic E-state index is -0.563. The van der Waals surface area contributed by atoms with Gasteiger partial charge in [0.05, 0.1) is 6.10 Å². The minimum absolute atomic E-state index is 0.459. The summed E-state index contributed by atoms with van der Waals surface area (Å²) in [5, 5.41) is 13.5. The molecule has 0 fully saturated rings. The van der Waals surface area contributed by atoms with Crippen LogP contribution in [0.2, 0.25) is 0 Å². The maximum absolute atomic E-state index is 10.2. The summed E-state index contributed by atoms with van der Waals surface area (Å²) in [7, 11) is 0. The predicted molar refractivity (Wildman–Crippen MR) is 95.9 cm³/mol. The average Bonchev–Trinajstić information content (AvgIpc) is 2.68. The molecular formula is C20H21N3O2. The number of aromatic nitrogens is 2. The van der Waals surface area contributed by atoms with Crippen LogP contribution in [0.15, 0.2) is 73.3 Å². The van der Waals surface area contributed by atoms with Crippen molar-refractivity contribution < 1.29 is 9.84 Å². The van der Waals surface area contributed by atoms with E-state index in [0.717, 1.165) is 22.4 Å². The SMILES string of the molecule is OC(CNCc1ccccc1OCc1cccnc1)c1ccncc1. The number of nitrogens with one attached hydrogen (secondary N) is 1. The molecule has 2 N–H and O–H groups in total. The maximum atomic E-state index is 10.2. The summed E-state index contributed by atoms with van der Waals surface area (Å²) >= 11 is 0. The average molecular weight is 335 g/mol. The summed E-state index contributed by atoms with van der Waals surface area (Å²) in [6.07, 6.45) is 6.34. The van der Waals surface area contributed by atoms with E-state index in [1.54, 1.807) is 24.8 Å². The van der Waals surface area contributed by atoms with Crippen molar-refractivity contribution in [3.8, 4) is 5.75 Å². The van der Waals surface area contributed by atoms with E-state index in [1.807, 2.05) is 48.5 Å². The molecule has 0 spiro atoms. The third-order valence-corrected chi connectivity index (χ3v) is 3.83. The second-order valence-corrected chi connectivity index (χ2v) is 5.68. The van der Waals surface area contributed by atoms with E-state index >= 15 is 0 Å². The first-order valence-electron chi connectivity index (χ1n) is 8.21. The molecule has 5 heteroatoms. The fourth-order valence-corrected chi connectivity index (χ4v) is 2.48. The van der Waals surface area contributed by atoms with Crippen LogP contribution in [0.3, 0.4) is 0 Å². The summed E-state index contributed by atoms with van der Waals surface area (Å²) in [6, 6.07) is 15.4. The summed E-state index contributed by atoms with van der Waals surface area (Å²) in [6.45, 7) is 1.55. The Morgan fingerprint density at radius 2 is 1.80 bits per heavy atom. The molecule has 0 saturated carbocycles. The van der Waals surface area contributed by atoms with Gasteiger partial charge in [-0.3, -0.25) is 9.97 Å². The molecule has 2 aromatic heterocycles. The third kappa shape index (κ3) is 5.11. The Hall–Kier alpha value is -2.76. The van der Waals surface area contributed by atoms with Gasteiger partial charge in [-0.25, -0.2) is 0 Å². The molecule has 0 bridgehead atoms. The van der Waals surface area contributed by atoms with Crippen molar-refractivity contribution in [2.24, 2.45) is 0 Å². The largest absolute Gasteiger partial charge is 0.489 e. The highest BCUT2D eigenvalue weighted by atomic mass is 16.5. The molecule has 0 radical (unpaired) electrons. The lowest BCUT2D eigenvalue weighted by molar-refractivity contribution is 0.174. The van der Waals surface area contributed by atoms with Crippen molar-refractivity contribution in [2.45, 2.75) is 19.3 Å². The van der Waals surface area contributed by atoms with Crippen LogP contribution in [-0.4, -0.2) is 21.6 Å². The highest BCUT2D eigenvalue weighted by molar-refractivity contribution is 5.33. The van der Waals surface area contributed by atoms with Gasteiger partial charge >= 0.3 is 0 Å². The van der Waals surface area contributed by atoms with Crippen LogP contribution in [0.1, 0.15) is 22.8 Å². The summed E-state index contributed by atoms with van der Waals surface area (Å²) in [5.41, 5.74) is 2.93. The van der Waals surface area contributed by atoms with Crippen molar-refractivity contribution in [1.82, 2.24) is 15.3 Å². The molecule has 0 aliphatic carbocycles. The van der Waals surface area contributed by atoms with Crippen molar-refractivity contribution >= 4 is 0 Å². The molecular weight excluding hydrogens is 314 g/mol. The van der Waals surface area contributed by atoms with Crippen LogP contribution < -0.4 is 10.1 Å². The molecule has 0 saturated heterocycles. The summed E-state index contributed by atoms with van der Waals surface area (Å²) in [5.74, 6) is 0.831. The molecule has 2 heterocycles. The first-order chi connectivity index (χ1) is 12.3. The Bertz CT molecular complexity index is 766. The quantitative estimate of drug-likeness (QED) is 0.662. The summed E-state index contributed by atoms with van der Waals surface area (Å²) in [4.78, 5) is 8.05. The van der Waals surface area contributed by atoms with Gasteiger partial charge < -0.3 is 15.2 Å². The zero-order chi connectivity index (χ0) is 17.3. The Labute approximate surface area is 147 Å². The lowest BCUT2D eigenvalue weighted by Crippen LogP contribution is -2.21. The fourth-order valence-electron chi connectivity index (χ4n) is 2.48. The van der Waals surface area contributed by atoms with Gasteiger partial charge in [-0.2, -0.15) is 0 Å². The predicted octanol–water partition coefficient (Wildman–Crippen LogP) is 2.88. The third-order valence-electron chi connectivity index (χ3n) is 3.83. The van der Waals surface area contributed by atoms with Gasteiger partial charge in [-0.15, -0.1) is 0 Å². The highest BCUT2D eigenvalue weighted by Crippen LogP contribution is 2.19. The number of hydrogen-bond acceptors (Lipinski definition) is 5. The van der Waals surface area contributed by atoms with E-state index in [9.17, 15) is 5.11 Å². The van der Waals surface area contributed by atoms with Gasteiger partial charge in [-0.05, 0) is 29.8 Å². The van der Waals surface area contributed by atoms with Crippen LogP contribution >= 0.6 is 0 Å². The first-order valence-corrected chi connectivity index (χ1v) is 8.21. The zero-order valence-electron chi connectivity index (χ0n) is 13.9. The molecule has 128 valence electrons. The van der Waals surface area contributed by atoms with E-state index in [1.165, 1.54) is 0 Å². The number of rotatable bonds is 8. The molecule has 0 aliphatic rings. The van der Waals surface area contributed by atoms with Gasteiger partial charge in [0.2, 0.25) is 0 Å². The van der Waals surface area contributed by atoms with E-state index in [2.05, 4.69) is 15.3 Å². The molecule has 1 aromatic carbocycles. The number of ether oxygens (including phenoxy) is 1. The van der Waals surface area contributed by atoms with Gasteiger partial charge in [0.15, 0.2) is 0 Å². The molecule has 25 heavy (non-hydrogen) atoms. The minimum Gasteiger partial charge on any atom is -0.489 e. The Kier molecular flexibility index (Phi) is 6.09. The van der Waals surface area contributed by atoms with Crippen molar-refractivity contribution in [3.63, 3.8) is 0 Å². The molecule has 0 amide bonds. The number of benzene rings is 1. The van der Waals surface area contributed by atoms with Crippen molar-refractivity contribution in [3.05, 3.63) is 90.0 Å². The van der Waals surface area contributed by atoms with Gasteiger partial charge in [0, 0.05) is 49.0 Å². The molecule has 1 unspecified atom stereocenters. The van der Waals surface area contributed by atoms with Crippen LogP contribution in [0, 0.1) is 0 Å². The van der Waals surface area contributed by atoms with Crippen LogP contribution in [0.4, 0.5) is 0 Å². The first kappa shape index (κ1) is 17.1. The van der Waals surface area contributed by atoms with E-state index < -0.39 is 6.10 Å². The van der Waals surface area contributed by atoms with Crippen LogP contribution in [-0.2, 0) is 13.2 Å². The second kappa shape index (κ2) is 8.92. The molecule has 3 rings (SSSR count). The van der Waals surface area contributed by atoms with Gasteiger partial charge in [0.1, 0.15) is 12.4 Å². The number of para-hydroxylation sites is 1. The normalized spacial score (nSPS) is 11.9. The number of aliphatic hydroxyl groups excluding tert-OH is 1. The zero-order valence-corrected chi connectivity index (χ0v) is 13.9. The highest BCUT2D eigenvalue weighted by Gasteiger charge is 2.08. The Morgan fingerprint density at radius 3 is 2.60 bits per heavy atom. The molecule has 3 aromatic rings. The number of pyridine rings is 2. The van der Waals surface area contributed by atoms with E-state index in [-0.39, 0.29) is 0 Å². The Morgan fingerprint density at radius 1 is 0.960 bits per heavy atom. The Balaban J connectivity index is 1.54. The lowest BCUT2D eigenvalue weighted by Gasteiger charge is -2.14. The van der Waals surface area contributed by atoms with Crippen LogP contribution in [0.25, 0.3) is 0 Å². The number of nitrogens with zero attached hydrogens (tertiary/aromatic N) is 2. The van der Waals surface area contributed by atoms with E-state index in [4.69, 9.17) is 4.74 Å². The van der Waals surface area contributed by atoms with Crippen molar-refractivity contribution in [2.75, 3.05) is 6.54 Å². The van der Waals surface area contributed by atoms with Gasteiger partial charge in [0.25, 0.3) is 0 Å². The van der Waals surface area contributed by atoms with E-state index in [0.29, 0.717) is 19.7 Å². The number of aliphatic hydroxyl groups is 1. The van der Waals surface area contributed by atoms with Crippen molar-refractivity contribution in [1.29, 1.82) is 0 Å². The molecule has 5 nitrogen and oxygen atoms in total. The van der Waals surface area contributed by atoms with Crippen LogP contribution in [0.5, 0.6) is 5.75 Å². The number of hydrogen-bond donors (Lipinski definition) is 2. The molecule has 1 atom stereocenters.